The molecule has 0 atom stereocenters. The number of hydrogen-bond donors (Lipinski definition) is 1. The molecule has 88 valence electrons. The Balaban J connectivity index is 2.56. The molecule has 2 rings (SSSR count). The second kappa shape index (κ2) is 4.37. The molecule has 2 aromatic rings. The van der Waals surface area contributed by atoms with Crippen LogP contribution in [-0.4, -0.2) is 23.0 Å². The molecule has 17 heavy (non-hydrogen) atoms. The number of nitrogens with zero attached hydrogens (tertiary/aromatic N) is 2. The van der Waals surface area contributed by atoms with E-state index < -0.39 is 0 Å². The molecule has 0 unspecified atom stereocenters. The highest BCUT2D eigenvalue weighted by Crippen LogP contribution is 2.23. The Bertz CT molecular complexity index is 581. The van der Waals surface area contributed by atoms with E-state index in [1.54, 1.807) is 19.4 Å². The fourth-order valence-corrected chi connectivity index (χ4v) is 1.62. The molecule has 0 saturated heterocycles. The number of aryl methyl sites for hydroxylation is 1. The SMILES string of the molecule is COc1ccc2c(C)c(NC(C)=O)cnc2n1. The standard InChI is InChI=1S/C12H13N3O2/c1-7-9-4-5-11(17-3)15-12(9)13-6-10(7)14-8(2)16/h4-6H,1-3H3,(H,14,16). The highest BCUT2D eigenvalue weighted by atomic mass is 16.5. The highest BCUT2D eigenvalue weighted by Gasteiger charge is 2.07. The van der Waals surface area contributed by atoms with Crippen molar-refractivity contribution >= 4 is 22.6 Å². The van der Waals surface area contributed by atoms with Crippen LogP contribution in [0.2, 0.25) is 0 Å². The van der Waals surface area contributed by atoms with E-state index in [4.69, 9.17) is 4.74 Å². The second-order valence-electron chi connectivity index (χ2n) is 3.70. The number of anilines is 1. The zero-order chi connectivity index (χ0) is 12.4. The first-order valence-corrected chi connectivity index (χ1v) is 5.19. The fourth-order valence-electron chi connectivity index (χ4n) is 1.62. The Hall–Kier alpha value is -2.17. The predicted molar refractivity (Wildman–Crippen MR) is 65.1 cm³/mol. The van der Waals surface area contributed by atoms with Crippen LogP contribution >= 0.6 is 0 Å². The lowest BCUT2D eigenvalue weighted by atomic mass is 10.1. The minimum Gasteiger partial charge on any atom is -0.481 e. The van der Waals surface area contributed by atoms with Gasteiger partial charge in [-0.3, -0.25) is 4.79 Å². The molecule has 0 aliphatic rings. The Morgan fingerprint density at radius 2 is 2.18 bits per heavy atom. The third-order valence-corrected chi connectivity index (χ3v) is 2.49. The van der Waals surface area contributed by atoms with Gasteiger partial charge in [0.15, 0.2) is 5.65 Å². The Morgan fingerprint density at radius 3 is 2.82 bits per heavy atom. The maximum absolute atomic E-state index is 11.0. The maximum atomic E-state index is 11.0. The molecule has 5 nitrogen and oxygen atoms in total. The molecule has 0 spiro atoms. The molecule has 1 amide bonds. The first-order valence-electron chi connectivity index (χ1n) is 5.19. The van der Waals surface area contributed by atoms with Crippen molar-refractivity contribution in [2.24, 2.45) is 0 Å². The zero-order valence-electron chi connectivity index (χ0n) is 9.94. The Morgan fingerprint density at radius 1 is 1.41 bits per heavy atom. The van der Waals surface area contributed by atoms with E-state index in [0.29, 0.717) is 17.2 Å². The van der Waals surface area contributed by atoms with Gasteiger partial charge in [0.05, 0.1) is 19.0 Å². The van der Waals surface area contributed by atoms with E-state index >= 15 is 0 Å². The van der Waals surface area contributed by atoms with E-state index in [1.807, 2.05) is 13.0 Å². The lowest BCUT2D eigenvalue weighted by Crippen LogP contribution is -2.08. The average Bonchev–Trinajstić information content (AvgIpc) is 2.32. The molecule has 0 aliphatic carbocycles. The van der Waals surface area contributed by atoms with Crippen molar-refractivity contribution in [1.82, 2.24) is 9.97 Å². The summed E-state index contributed by atoms with van der Waals surface area (Å²) in [5.74, 6) is 0.410. The Labute approximate surface area is 98.8 Å². The van der Waals surface area contributed by atoms with Gasteiger partial charge in [0.25, 0.3) is 0 Å². The lowest BCUT2D eigenvalue weighted by Gasteiger charge is -2.09. The van der Waals surface area contributed by atoms with E-state index in [9.17, 15) is 4.79 Å². The van der Waals surface area contributed by atoms with Gasteiger partial charge < -0.3 is 10.1 Å². The third kappa shape index (κ3) is 2.18. The molecule has 5 heteroatoms. The van der Waals surface area contributed by atoms with Gasteiger partial charge in [-0.15, -0.1) is 0 Å². The van der Waals surface area contributed by atoms with Gasteiger partial charge >= 0.3 is 0 Å². The summed E-state index contributed by atoms with van der Waals surface area (Å²) in [5.41, 5.74) is 2.26. The van der Waals surface area contributed by atoms with Crippen molar-refractivity contribution < 1.29 is 9.53 Å². The maximum Gasteiger partial charge on any atom is 0.221 e. The van der Waals surface area contributed by atoms with Crippen LogP contribution in [0.5, 0.6) is 5.88 Å². The van der Waals surface area contributed by atoms with Gasteiger partial charge in [-0.1, -0.05) is 0 Å². The zero-order valence-corrected chi connectivity index (χ0v) is 9.94. The number of carbonyl (C=O) groups is 1. The first kappa shape index (κ1) is 11.3. The van der Waals surface area contributed by atoms with Crippen LogP contribution in [0.15, 0.2) is 18.3 Å². The number of rotatable bonds is 2. The van der Waals surface area contributed by atoms with Crippen LogP contribution in [0, 0.1) is 6.92 Å². The van der Waals surface area contributed by atoms with Crippen LogP contribution in [0.4, 0.5) is 5.69 Å². The van der Waals surface area contributed by atoms with E-state index in [1.165, 1.54) is 6.92 Å². The topological polar surface area (TPSA) is 64.1 Å². The molecule has 0 bridgehead atoms. The number of methoxy groups -OCH3 is 1. The number of hydrogen-bond acceptors (Lipinski definition) is 4. The summed E-state index contributed by atoms with van der Waals surface area (Å²) in [6.07, 6.45) is 1.60. The average molecular weight is 231 g/mol. The third-order valence-electron chi connectivity index (χ3n) is 2.49. The lowest BCUT2D eigenvalue weighted by molar-refractivity contribution is -0.114. The number of ether oxygens (including phenoxy) is 1. The summed E-state index contributed by atoms with van der Waals surface area (Å²) < 4.78 is 5.04. The molecule has 0 fully saturated rings. The molecule has 0 saturated carbocycles. The van der Waals surface area contributed by atoms with E-state index in [-0.39, 0.29) is 5.91 Å². The monoisotopic (exact) mass is 231 g/mol. The van der Waals surface area contributed by atoms with Gasteiger partial charge in [0.1, 0.15) is 0 Å². The van der Waals surface area contributed by atoms with Gasteiger partial charge in [-0.25, -0.2) is 4.98 Å². The van der Waals surface area contributed by atoms with Crippen molar-refractivity contribution in [3.63, 3.8) is 0 Å². The van der Waals surface area contributed by atoms with Crippen molar-refractivity contribution in [3.05, 3.63) is 23.9 Å². The van der Waals surface area contributed by atoms with Crippen LogP contribution < -0.4 is 10.1 Å². The molecule has 0 aliphatic heterocycles. The molecular weight excluding hydrogens is 218 g/mol. The number of carbonyl (C=O) groups excluding carboxylic acids is 1. The minimum atomic E-state index is -0.115. The number of pyridine rings is 2. The molecule has 2 aromatic heterocycles. The molecular formula is C12H13N3O2. The minimum absolute atomic E-state index is 0.115. The number of amides is 1. The van der Waals surface area contributed by atoms with Crippen LogP contribution in [-0.2, 0) is 4.79 Å². The normalized spacial score (nSPS) is 10.3. The van der Waals surface area contributed by atoms with E-state index in [2.05, 4.69) is 15.3 Å². The summed E-state index contributed by atoms with van der Waals surface area (Å²) in [4.78, 5) is 19.5. The predicted octanol–water partition coefficient (Wildman–Crippen LogP) is 1.91. The van der Waals surface area contributed by atoms with Crippen molar-refractivity contribution in [2.75, 3.05) is 12.4 Å². The first-order chi connectivity index (χ1) is 8.11. The molecule has 0 aromatic carbocycles. The van der Waals surface area contributed by atoms with E-state index in [0.717, 1.165) is 10.9 Å². The molecule has 0 radical (unpaired) electrons. The second-order valence-corrected chi connectivity index (χ2v) is 3.70. The largest absolute Gasteiger partial charge is 0.481 e. The summed E-state index contributed by atoms with van der Waals surface area (Å²) >= 11 is 0. The molecule has 2 heterocycles. The number of fused-ring (bicyclic) bond motifs is 1. The summed E-state index contributed by atoms with van der Waals surface area (Å²) in [7, 11) is 1.56. The van der Waals surface area contributed by atoms with Crippen LogP contribution in [0.3, 0.4) is 0 Å². The smallest absolute Gasteiger partial charge is 0.221 e. The van der Waals surface area contributed by atoms with Gasteiger partial charge in [-0.2, -0.15) is 4.98 Å². The Kier molecular flexibility index (Phi) is 2.91. The summed E-state index contributed by atoms with van der Waals surface area (Å²) in [5, 5.41) is 3.63. The van der Waals surface area contributed by atoms with Crippen LogP contribution in [0.25, 0.3) is 11.0 Å². The van der Waals surface area contributed by atoms with Crippen LogP contribution in [0.1, 0.15) is 12.5 Å². The summed E-state index contributed by atoms with van der Waals surface area (Å²) in [6, 6.07) is 3.66. The van der Waals surface area contributed by atoms with Crippen molar-refractivity contribution in [1.29, 1.82) is 0 Å². The fraction of sp³-hybridized carbons (Fsp3) is 0.250. The number of aromatic nitrogens is 2. The quantitative estimate of drug-likeness (QED) is 0.857. The summed E-state index contributed by atoms with van der Waals surface area (Å²) in [6.45, 7) is 3.39. The van der Waals surface area contributed by atoms with Crippen molar-refractivity contribution in [3.8, 4) is 5.88 Å². The van der Waals surface area contributed by atoms with Crippen molar-refractivity contribution in [2.45, 2.75) is 13.8 Å². The number of nitrogens with one attached hydrogen (secondary N) is 1. The molecule has 1 N–H and O–H groups in total. The van der Waals surface area contributed by atoms with Gasteiger partial charge in [0.2, 0.25) is 11.8 Å². The highest BCUT2D eigenvalue weighted by molar-refractivity contribution is 5.93. The van der Waals surface area contributed by atoms with Gasteiger partial charge in [0, 0.05) is 18.4 Å². The van der Waals surface area contributed by atoms with Gasteiger partial charge in [-0.05, 0) is 18.6 Å².